The highest BCUT2D eigenvalue weighted by Gasteiger charge is 2.33. The third-order valence-corrected chi connectivity index (χ3v) is 5.55. The number of hydrogen-bond donors (Lipinski definition) is 4. The van der Waals surface area contributed by atoms with Crippen molar-refractivity contribution in [2.45, 2.75) is 76.8 Å². The van der Waals surface area contributed by atoms with E-state index in [0.29, 0.717) is 30.8 Å². The number of benzene rings is 1. The van der Waals surface area contributed by atoms with Crippen LogP contribution in [0.3, 0.4) is 0 Å². The van der Waals surface area contributed by atoms with Gasteiger partial charge in [0.1, 0.15) is 17.9 Å². The molecule has 3 unspecified atom stereocenters. The van der Waals surface area contributed by atoms with Crippen molar-refractivity contribution < 1.29 is 29.6 Å². The molecular weight excluding hydrogens is 400 g/mol. The summed E-state index contributed by atoms with van der Waals surface area (Å²) in [7, 11) is 0. The Morgan fingerprint density at radius 2 is 1.77 bits per heavy atom. The molecule has 3 atom stereocenters. The van der Waals surface area contributed by atoms with Crippen molar-refractivity contribution in [3.05, 3.63) is 52.4 Å². The molecule has 0 radical (unpaired) electrons. The van der Waals surface area contributed by atoms with Gasteiger partial charge in [0.2, 0.25) is 0 Å². The molecule has 172 valence electrons. The lowest BCUT2D eigenvalue weighted by atomic mass is 9.86. The van der Waals surface area contributed by atoms with Gasteiger partial charge in [-0.25, -0.2) is 4.79 Å². The van der Waals surface area contributed by atoms with Crippen LogP contribution >= 0.6 is 0 Å². The summed E-state index contributed by atoms with van der Waals surface area (Å²) in [4.78, 5) is 11.3. The average Bonchev–Trinajstić information content (AvgIpc) is 2.69. The molecule has 0 saturated heterocycles. The molecule has 7 nitrogen and oxygen atoms in total. The van der Waals surface area contributed by atoms with Crippen molar-refractivity contribution in [1.82, 2.24) is 0 Å². The second-order valence-electron chi connectivity index (χ2n) is 8.94. The molecule has 0 amide bonds. The molecule has 2 aromatic rings. The Hall–Kier alpha value is -2.19. The predicted molar refractivity (Wildman–Crippen MR) is 119 cm³/mol. The Balaban J connectivity index is 1.82. The van der Waals surface area contributed by atoms with Crippen molar-refractivity contribution in [3.63, 3.8) is 0 Å². The van der Waals surface area contributed by atoms with Crippen LogP contribution in [0.1, 0.15) is 53.4 Å². The zero-order valence-corrected chi connectivity index (χ0v) is 18.7. The molecule has 31 heavy (non-hydrogen) atoms. The third kappa shape index (κ3) is 7.78. The van der Waals surface area contributed by atoms with E-state index in [0.717, 1.165) is 11.0 Å². The summed E-state index contributed by atoms with van der Waals surface area (Å²) in [6.45, 7) is 6.79. The lowest BCUT2D eigenvalue weighted by Crippen LogP contribution is -2.42. The van der Waals surface area contributed by atoms with Gasteiger partial charge < -0.3 is 29.6 Å². The largest absolute Gasteiger partial charge is 0.489 e. The first-order valence-electron chi connectivity index (χ1n) is 10.5. The maximum Gasteiger partial charge on any atom is 0.336 e. The first-order chi connectivity index (χ1) is 14.4. The van der Waals surface area contributed by atoms with E-state index in [1.165, 1.54) is 26.8 Å². The molecule has 0 bridgehead atoms. The number of ether oxygens (including phenoxy) is 1. The number of aliphatic hydroxyl groups is 4. The van der Waals surface area contributed by atoms with Crippen LogP contribution in [0.5, 0.6) is 5.75 Å². The van der Waals surface area contributed by atoms with Crippen molar-refractivity contribution in [3.8, 4) is 5.75 Å². The summed E-state index contributed by atoms with van der Waals surface area (Å²) in [6, 6.07) is 8.35. The van der Waals surface area contributed by atoms with Crippen LogP contribution in [-0.4, -0.2) is 50.4 Å². The smallest absolute Gasteiger partial charge is 0.336 e. The fourth-order valence-electron chi connectivity index (χ4n) is 3.14. The lowest BCUT2D eigenvalue weighted by molar-refractivity contribution is -0.0946. The molecule has 0 aliphatic rings. The van der Waals surface area contributed by atoms with Crippen LogP contribution in [0.15, 0.2) is 51.2 Å². The number of fused-ring (bicyclic) bond motifs is 1. The van der Waals surface area contributed by atoms with Gasteiger partial charge in [-0.15, -0.1) is 0 Å². The Bertz CT molecular complexity index is 937. The van der Waals surface area contributed by atoms with Gasteiger partial charge >= 0.3 is 5.63 Å². The highest BCUT2D eigenvalue weighted by molar-refractivity contribution is 5.77. The van der Waals surface area contributed by atoms with Crippen LogP contribution in [0.25, 0.3) is 11.0 Å². The second kappa shape index (κ2) is 10.4. The fourth-order valence-corrected chi connectivity index (χ4v) is 3.14. The minimum atomic E-state index is -1.36. The first-order valence-corrected chi connectivity index (χ1v) is 10.5. The van der Waals surface area contributed by atoms with E-state index < -0.39 is 29.0 Å². The number of hydrogen-bond acceptors (Lipinski definition) is 7. The summed E-state index contributed by atoms with van der Waals surface area (Å²) in [5.74, 6) is 0.583. The minimum absolute atomic E-state index is 0.170. The maximum atomic E-state index is 11.3. The van der Waals surface area contributed by atoms with Gasteiger partial charge in [0.25, 0.3) is 0 Å². The van der Waals surface area contributed by atoms with E-state index in [-0.39, 0.29) is 12.8 Å². The van der Waals surface area contributed by atoms with Crippen molar-refractivity contribution >= 4 is 11.0 Å². The molecule has 0 aliphatic heterocycles. The molecule has 2 rings (SSSR count). The Labute approximate surface area is 182 Å². The van der Waals surface area contributed by atoms with Crippen molar-refractivity contribution in [2.24, 2.45) is 0 Å². The summed E-state index contributed by atoms with van der Waals surface area (Å²) < 4.78 is 10.8. The standard InChI is InChI=1S/C24H34O7/c1-16(5-9-21(26)24(4,29)13-11-20(25)23(2,3)28)12-14-30-18-8-6-17-7-10-22(27)31-19(17)15-18/h6-8,10,12,15,20-21,25-26,28-29H,5,9,11,13-14H2,1-4H3/b16-12+. The van der Waals surface area contributed by atoms with E-state index >= 15 is 0 Å². The van der Waals surface area contributed by atoms with Gasteiger partial charge in [0, 0.05) is 17.5 Å². The van der Waals surface area contributed by atoms with Crippen molar-refractivity contribution in [1.29, 1.82) is 0 Å². The molecule has 0 fully saturated rings. The highest BCUT2D eigenvalue weighted by Crippen LogP contribution is 2.25. The van der Waals surface area contributed by atoms with Crippen LogP contribution in [-0.2, 0) is 0 Å². The van der Waals surface area contributed by atoms with E-state index in [1.807, 2.05) is 19.1 Å². The van der Waals surface area contributed by atoms with E-state index in [9.17, 15) is 25.2 Å². The van der Waals surface area contributed by atoms with Gasteiger partial charge in [-0.3, -0.25) is 0 Å². The monoisotopic (exact) mass is 434 g/mol. The topological polar surface area (TPSA) is 120 Å². The van der Waals surface area contributed by atoms with Gasteiger partial charge in [0.05, 0.1) is 23.4 Å². The number of allylic oxidation sites excluding steroid dienone is 1. The molecule has 0 spiro atoms. The second-order valence-corrected chi connectivity index (χ2v) is 8.94. The molecular formula is C24H34O7. The maximum absolute atomic E-state index is 11.3. The van der Waals surface area contributed by atoms with E-state index in [1.54, 1.807) is 18.2 Å². The summed E-state index contributed by atoms with van der Waals surface area (Å²) >= 11 is 0. The predicted octanol–water partition coefficient (Wildman–Crippen LogP) is 2.92. The first kappa shape index (κ1) is 25.1. The quantitative estimate of drug-likeness (QED) is 0.317. The van der Waals surface area contributed by atoms with Gasteiger partial charge in [-0.05, 0) is 77.7 Å². The van der Waals surface area contributed by atoms with Crippen LogP contribution in [0.4, 0.5) is 0 Å². The van der Waals surface area contributed by atoms with Gasteiger partial charge in [0.15, 0.2) is 0 Å². The zero-order valence-electron chi connectivity index (χ0n) is 18.7. The molecule has 1 heterocycles. The van der Waals surface area contributed by atoms with Crippen LogP contribution in [0, 0.1) is 0 Å². The third-order valence-electron chi connectivity index (χ3n) is 5.55. The summed E-state index contributed by atoms with van der Waals surface area (Å²) in [5.41, 5.74) is -1.57. The summed E-state index contributed by atoms with van der Waals surface area (Å²) in [6.07, 6.45) is 1.23. The summed E-state index contributed by atoms with van der Waals surface area (Å²) in [5, 5.41) is 41.4. The molecule has 4 N–H and O–H groups in total. The molecule has 0 aliphatic carbocycles. The fraction of sp³-hybridized carbons (Fsp3) is 0.542. The zero-order chi connectivity index (χ0) is 23.2. The normalized spacial score (nSPS) is 16.7. The molecule has 1 aromatic carbocycles. The molecule has 7 heteroatoms. The van der Waals surface area contributed by atoms with E-state index in [2.05, 4.69) is 0 Å². The van der Waals surface area contributed by atoms with Crippen LogP contribution < -0.4 is 10.4 Å². The Morgan fingerprint density at radius 1 is 1.10 bits per heavy atom. The van der Waals surface area contributed by atoms with Crippen molar-refractivity contribution in [2.75, 3.05) is 6.61 Å². The SMILES string of the molecule is C/C(=C\COc1ccc2ccc(=O)oc2c1)CCC(O)C(C)(O)CCC(O)C(C)(C)O. The molecule has 0 saturated carbocycles. The van der Waals surface area contributed by atoms with Gasteiger partial charge in [-0.1, -0.05) is 5.57 Å². The lowest BCUT2D eigenvalue weighted by Gasteiger charge is -2.32. The number of rotatable bonds is 11. The van der Waals surface area contributed by atoms with E-state index in [4.69, 9.17) is 9.15 Å². The van der Waals surface area contributed by atoms with Gasteiger partial charge in [-0.2, -0.15) is 0 Å². The minimum Gasteiger partial charge on any atom is -0.489 e. The molecule has 1 aromatic heterocycles. The Kier molecular flexibility index (Phi) is 8.42. The number of aliphatic hydroxyl groups excluding tert-OH is 2. The average molecular weight is 435 g/mol. The highest BCUT2D eigenvalue weighted by atomic mass is 16.5. The Morgan fingerprint density at radius 3 is 2.45 bits per heavy atom. The van der Waals surface area contributed by atoms with Crippen LogP contribution in [0.2, 0.25) is 0 Å².